The molecule has 0 spiro atoms. The smallest absolute Gasteiger partial charge is 0.306 e. The highest BCUT2D eigenvalue weighted by atomic mass is 16.5. The molecule has 0 amide bonds. The Labute approximate surface area is 171 Å². The molecule has 3 saturated carbocycles. The Morgan fingerprint density at radius 3 is 2.75 bits per heavy atom. The van der Waals surface area contributed by atoms with Crippen LogP contribution in [0.3, 0.4) is 0 Å². The first-order valence-electron chi connectivity index (χ1n) is 12.0. The summed E-state index contributed by atoms with van der Waals surface area (Å²) in [5.74, 6) is 2.19. The minimum Gasteiger partial charge on any atom is -0.462 e. The summed E-state index contributed by atoms with van der Waals surface area (Å²) >= 11 is 0. The number of hydrogen-bond donors (Lipinski definition) is 1. The van der Waals surface area contributed by atoms with Gasteiger partial charge in [0.05, 0.1) is 6.10 Å². The lowest BCUT2D eigenvalue weighted by Gasteiger charge is -2.57. The van der Waals surface area contributed by atoms with Crippen LogP contribution in [0.5, 0.6) is 0 Å². The zero-order chi connectivity index (χ0) is 19.9. The number of allylic oxidation sites excluding steroid dienone is 1. The number of fused-ring (bicyclic) bond motifs is 5. The molecule has 3 heteroatoms. The van der Waals surface area contributed by atoms with Crippen molar-refractivity contribution < 1.29 is 14.6 Å². The molecule has 0 aromatic rings. The van der Waals surface area contributed by atoms with Gasteiger partial charge in [0.25, 0.3) is 0 Å². The van der Waals surface area contributed by atoms with E-state index in [1.54, 1.807) is 0 Å². The average Bonchev–Trinajstić information content (AvgIpc) is 2.99. The van der Waals surface area contributed by atoms with Gasteiger partial charge in [0, 0.05) is 11.8 Å². The molecule has 0 saturated heterocycles. The van der Waals surface area contributed by atoms with Crippen LogP contribution in [0.1, 0.15) is 97.8 Å². The quantitative estimate of drug-likeness (QED) is 0.368. The molecule has 1 N–H and O–H groups in total. The molecule has 0 aromatic carbocycles. The van der Waals surface area contributed by atoms with Crippen LogP contribution in [-0.4, -0.2) is 23.3 Å². The molecule has 0 heterocycles. The molecule has 3 nitrogen and oxygen atoms in total. The third-order valence-corrected chi connectivity index (χ3v) is 9.25. The highest BCUT2D eigenvalue weighted by Crippen LogP contribution is 2.65. The summed E-state index contributed by atoms with van der Waals surface area (Å²) < 4.78 is 6.07. The Morgan fingerprint density at radius 2 is 1.96 bits per heavy atom. The number of aliphatic hydroxyl groups excluding tert-OH is 1. The summed E-state index contributed by atoms with van der Waals surface area (Å²) in [7, 11) is 0. The minimum absolute atomic E-state index is 0.0292. The maximum atomic E-state index is 12.4. The summed E-state index contributed by atoms with van der Waals surface area (Å²) in [6.07, 6.45) is 15.2. The lowest BCUT2D eigenvalue weighted by molar-refractivity contribution is -0.159. The Kier molecular flexibility index (Phi) is 5.68. The van der Waals surface area contributed by atoms with Gasteiger partial charge in [-0.05, 0) is 81.0 Å². The maximum Gasteiger partial charge on any atom is 0.306 e. The Hall–Kier alpha value is -0.830. The molecule has 28 heavy (non-hydrogen) atoms. The van der Waals surface area contributed by atoms with Crippen molar-refractivity contribution in [3.8, 4) is 0 Å². The van der Waals surface area contributed by atoms with Gasteiger partial charge in [-0.15, -0.1) is 0 Å². The van der Waals surface area contributed by atoms with Crippen LogP contribution in [-0.2, 0) is 9.53 Å². The zero-order valence-corrected chi connectivity index (χ0v) is 18.2. The van der Waals surface area contributed by atoms with Gasteiger partial charge in [-0.2, -0.15) is 0 Å². The number of rotatable bonds is 5. The average molecular weight is 389 g/mol. The normalized spacial score (nSPS) is 44.9. The zero-order valence-electron chi connectivity index (χ0n) is 18.2. The fourth-order valence-corrected chi connectivity index (χ4v) is 7.52. The maximum absolute atomic E-state index is 12.4. The van der Waals surface area contributed by atoms with Crippen molar-refractivity contribution in [3.63, 3.8) is 0 Å². The van der Waals surface area contributed by atoms with E-state index in [2.05, 4.69) is 26.8 Å². The van der Waals surface area contributed by atoms with E-state index < -0.39 is 0 Å². The molecular weight excluding hydrogens is 348 g/mol. The first-order valence-corrected chi connectivity index (χ1v) is 12.0. The van der Waals surface area contributed by atoms with Crippen LogP contribution < -0.4 is 0 Å². The number of ether oxygens (including phenoxy) is 1. The first-order chi connectivity index (χ1) is 13.4. The molecule has 4 aliphatic carbocycles. The van der Waals surface area contributed by atoms with Crippen molar-refractivity contribution in [2.24, 2.45) is 28.6 Å². The summed E-state index contributed by atoms with van der Waals surface area (Å²) in [5.41, 5.74) is 1.99. The number of carbonyl (C=O) groups is 1. The van der Waals surface area contributed by atoms with E-state index in [-0.39, 0.29) is 23.6 Å². The number of hydrogen-bond acceptors (Lipinski definition) is 3. The van der Waals surface area contributed by atoms with E-state index in [4.69, 9.17) is 4.74 Å². The third-order valence-electron chi connectivity index (χ3n) is 9.25. The van der Waals surface area contributed by atoms with Gasteiger partial charge < -0.3 is 9.84 Å². The van der Waals surface area contributed by atoms with Crippen LogP contribution in [0.25, 0.3) is 0 Å². The second-order valence-electron chi connectivity index (χ2n) is 10.7. The van der Waals surface area contributed by atoms with E-state index in [1.807, 2.05) is 0 Å². The number of esters is 1. The fourth-order valence-electron chi connectivity index (χ4n) is 7.52. The van der Waals surface area contributed by atoms with Crippen LogP contribution in [0.2, 0.25) is 0 Å². The third kappa shape index (κ3) is 3.36. The number of unbranched alkanes of at least 4 members (excludes halogenated alkanes) is 2. The fraction of sp³-hybridized carbons (Fsp3) is 0.880. The van der Waals surface area contributed by atoms with E-state index in [0.29, 0.717) is 17.8 Å². The Bertz CT molecular complexity index is 625. The standard InChI is InChI=1S/C25H40O3/c1-4-5-6-7-23(27)28-22-11-10-20-19-9-8-17-16-18(26)12-14-24(17,2)21(19)13-15-25(20,22)3/h8,18-22,26H,4-7,9-16H2,1-3H3/t18?,19-,20-,21-,22?,24-,25-/m0/s1. The van der Waals surface area contributed by atoms with Gasteiger partial charge in [-0.1, -0.05) is 45.3 Å². The summed E-state index contributed by atoms with van der Waals surface area (Å²) in [6, 6.07) is 0. The molecule has 158 valence electrons. The molecule has 7 atom stereocenters. The molecule has 2 unspecified atom stereocenters. The second-order valence-corrected chi connectivity index (χ2v) is 10.7. The lowest BCUT2D eigenvalue weighted by Crippen LogP contribution is -2.51. The molecule has 4 aliphatic rings. The molecule has 0 radical (unpaired) electrons. The molecule has 3 fully saturated rings. The minimum atomic E-state index is -0.132. The van der Waals surface area contributed by atoms with Crippen LogP contribution >= 0.6 is 0 Å². The molecule has 4 rings (SSSR count). The highest BCUT2D eigenvalue weighted by molar-refractivity contribution is 5.69. The van der Waals surface area contributed by atoms with E-state index >= 15 is 0 Å². The summed E-state index contributed by atoms with van der Waals surface area (Å²) in [4.78, 5) is 12.4. The predicted molar refractivity (Wildman–Crippen MR) is 112 cm³/mol. The molecular formula is C25H40O3. The van der Waals surface area contributed by atoms with Crippen molar-refractivity contribution >= 4 is 5.97 Å². The van der Waals surface area contributed by atoms with Gasteiger partial charge in [0.1, 0.15) is 6.10 Å². The van der Waals surface area contributed by atoms with Crippen molar-refractivity contribution in [2.75, 3.05) is 0 Å². The predicted octanol–water partition coefficient (Wildman–Crippen LogP) is 5.80. The topological polar surface area (TPSA) is 46.5 Å². The van der Waals surface area contributed by atoms with Crippen molar-refractivity contribution in [1.29, 1.82) is 0 Å². The van der Waals surface area contributed by atoms with E-state index in [0.717, 1.165) is 56.8 Å². The molecule has 0 aliphatic heterocycles. The number of aliphatic hydroxyl groups is 1. The van der Waals surface area contributed by atoms with Crippen molar-refractivity contribution in [3.05, 3.63) is 11.6 Å². The van der Waals surface area contributed by atoms with E-state index in [9.17, 15) is 9.90 Å². The van der Waals surface area contributed by atoms with Crippen LogP contribution in [0.4, 0.5) is 0 Å². The molecule has 0 aromatic heterocycles. The summed E-state index contributed by atoms with van der Waals surface area (Å²) in [5, 5.41) is 10.2. The largest absolute Gasteiger partial charge is 0.462 e. The van der Waals surface area contributed by atoms with Gasteiger partial charge >= 0.3 is 5.97 Å². The number of carbonyl (C=O) groups excluding carboxylic acids is 1. The Balaban J connectivity index is 1.47. The van der Waals surface area contributed by atoms with Crippen LogP contribution in [0, 0.1) is 28.6 Å². The van der Waals surface area contributed by atoms with Crippen molar-refractivity contribution in [2.45, 2.75) is 110 Å². The lowest BCUT2D eigenvalue weighted by atomic mass is 9.48. The summed E-state index contributed by atoms with van der Waals surface area (Å²) in [6.45, 7) is 7.06. The SMILES string of the molecule is CCCCCC(=O)OC1CC[C@H]2[C@@H]3CC=C4CC(O)CC[C@]4(C)[C@H]3CC[C@]12C. The monoisotopic (exact) mass is 388 g/mol. The van der Waals surface area contributed by atoms with Gasteiger partial charge in [-0.25, -0.2) is 0 Å². The van der Waals surface area contributed by atoms with Gasteiger partial charge in [0.2, 0.25) is 0 Å². The highest BCUT2D eigenvalue weighted by Gasteiger charge is 2.59. The Morgan fingerprint density at radius 1 is 1.14 bits per heavy atom. The van der Waals surface area contributed by atoms with Gasteiger partial charge in [0.15, 0.2) is 0 Å². The van der Waals surface area contributed by atoms with E-state index in [1.165, 1.54) is 31.3 Å². The molecule has 0 bridgehead atoms. The van der Waals surface area contributed by atoms with Gasteiger partial charge in [-0.3, -0.25) is 4.79 Å². The van der Waals surface area contributed by atoms with Crippen molar-refractivity contribution in [1.82, 2.24) is 0 Å². The second kappa shape index (κ2) is 7.78. The van der Waals surface area contributed by atoms with Crippen LogP contribution in [0.15, 0.2) is 11.6 Å². The first kappa shape index (κ1) is 20.4.